The van der Waals surface area contributed by atoms with Gasteiger partial charge in [-0.2, -0.15) is 0 Å². The number of halogens is 1. The van der Waals surface area contributed by atoms with Crippen molar-refractivity contribution in [2.45, 2.75) is 0 Å². The fourth-order valence-electron chi connectivity index (χ4n) is 2.56. The first kappa shape index (κ1) is 11.7. The molecule has 0 amide bonds. The Morgan fingerprint density at radius 1 is 0.850 bits per heavy atom. The average Bonchev–Trinajstić information content (AvgIpc) is 2.92. The Hall–Kier alpha value is -2.13. The largest absolute Gasteiger partial charge is 0.292 e. The molecule has 96 valence electrons. The highest BCUT2D eigenvalue weighted by Gasteiger charge is 2.08. The summed E-state index contributed by atoms with van der Waals surface area (Å²) in [5, 5.41) is 1.22. The Labute approximate surface area is 124 Å². The van der Waals surface area contributed by atoms with Gasteiger partial charge in [-0.15, -0.1) is 0 Å². The molecule has 2 nitrogen and oxygen atoms in total. The number of para-hydroxylation sites is 1. The molecular weight excluding hydrogens is 312 g/mol. The van der Waals surface area contributed by atoms with Gasteiger partial charge in [0.05, 0.1) is 17.4 Å². The van der Waals surface area contributed by atoms with Gasteiger partial charge in [0.15, 0.2) is 0 Å². The van der Waals surface area contributed by atoms with Gasteiger partial charge in [-0.1, -0.05) is 46.3 Å². The van der Waals surface area contributed by atoms with Gasteiger partial charge in [0.25, 0.3) is 0 Å². The lowest BCUT2D eigenvalue weighted by Gasteiger charge is -2.06. The second-order valence-corrected chi connectivity index (χ2v) is 5.65. The maximum absolute atomic E-state index is 4.52. The van der Waals surface area contributed by atoms with E-state index >= 15 is 0 Å². The Morgan fingerprint density at radius 2 is 1.65 bits per heavy atom. The van der Waals surface area contributed by atoms with Crippen molar-refractivity contribution in [2.24, 2.45) is 0 Å². The lowest BCUT2D eigenvalue weighted by atomic mass is 10.1. The number of hydrogen-bond acceptors (Lipinski definition) is 1. The zero-order valence-electron chi connectivity index (χ0n) is 10.6. The van der Waals surface area contributed by atoms with Gasteiger partial charge in [-0.25, -0.2) is 4.98 Å². The molecule has 4 aromatic rings. The third-order valence-corrected chi connectivity index (χ3v) is 4.05. The van der Waals surface area contributed by atoms with Crippen LogP contribution < -0.4 is 0 Å². The van der Waals surface area contributed by atoms with Crippen molar-refractivity contribution in [3.05, 3.63) is 71.3 Å². The molecule has 0 atom stereocenters. The lowest BCUT2D eigenvalue weighted by Crippen LogP contribution is -1.90. The van der Waals surface area contributed by atoms with Crippen LogP contribution in [-0.4, -0.2) is 9.38 Å². The SMILES string of the molecule is Brc1ccc(-c2cnc3ccc4ccccc4n23)cc1. The summed E-state index contributed by atoms with van der Waals surface area (Å²) in [5.41, 5.74) is 4.43. The van der Waals surface area contributed by atoms with Crippen molar-refractivity contribution in [2.75, 3.05) is 0 Å². The summed E-state index contributed by atoms with van der Waals surface area (Å²) in [5.74, 6) is 0. The molecule has 4 rings (SSSR count). The van der Waals surface area contributed by atoms with Gasteiger partial charge >= 0.3 is 0 Å². The molecule has 0 unspecified atom stereocenters. The van der Waals surface area contributed by atoms with E-state index in [1.54, 1.807) is 0 Å². The summed E-state index contributed by atoms with van der Waals surface area (Å²) in [4.78, 5) is 4.52. The highest BCUT2D eigenvalue weighted by molar-refractivity contribution is 9.10. The van der Waals surface area contributed by atoms with Gasteiger partial charge in [-0.3, -0.25) is 4.40 Å². The van der Waals surface area contributed by atoms with Crippen LogP contribution in [0.2, 0.25) is 0 Å². The van der Waals surface area contributed by atoms with Crippen molar-refractivity contribution in [1.29, 1.82) is 0 Å². The molecule has 0 fully saturated rings. The van der Waals surface area contributed by atoms with E-state index in [0.717, 1.165) is 21.4 Å². The number of nitrogens with zero attached hydrogens (tertiary/aromatic N) is 2. The minimum Gasteiger partial charge on any atom is -0.292 e. The number of pyridine rings is 1. The number of imidazole rings is 1. The smallest absolute Gasteiger partial charge is 0.137 e. The second-order valence-electron chi connectivity index (χ2n) is 4.74. The van der Waals surface area contributed by atoms with Crippen LogP contribution in [0.25, 0.3) is 27.8 Å². The van der Waals surface area contributed by atoms with E-state index < -0.39 is 0 Å². The first-order valence-electron chi connectivity index (χ1n) is 6.44. The summed E-state index contributed by atoms with van der Waals surface area (Å²) >= 11 is 3.48. The van der Waals surface area contributed by atoms with E-state index in [9.17, 15) is 0 Å². The molecule has 3 heteroatoms. The third-order valence-electron chi connectivity index (χ3n) is 3.52. The molecule has 0 aliphatic rings. The summed E-state index contributed by atoms with van der Waals surface area (Å²) in [6.45, 7) is 0. The van der Waals surface area contributed by atoms with Crippen LogP contribution in [0, 0.1) is 0 Å². The molecule has 0 aliphatic carbocycles. The zero-order chi connectivity index (χ0) is 13.5. The van der Waals surface area contributed by atoms with E-state index in [-0.39, 0.29) is 0 Å². The molecule has 0 saturated carbocycles. The summed E-state index contributed by atoms with van der Waals surface area (Å²) < 4.78 is 3.29. The maximum Gasteiger partial charge on any atom is 0.137 e. The van der Waals surface area contributed by atoms with E-state index in [4.69, 9.17) is 0 Å². The Kier molecular flexibility index (Phi) is 2.60. The quantitative estimate of drug-likeness (QED) is 0.486. The van der Waals surface area contributed by atoms with Crippen molar-refractivity contribution < 1.29 is 0 Å². The van der Waals surface area contributed by atoms with Crippen molar-refractivity contribution >= 4 is 32.5 Å². The van der Waals surface area contributed by atoms with Gasteiger partial charge in [-0.05, 0) is 35.7 Å². The average molecular weight is 323 g/mol. The predicted octanol–water partition coefficient (Wildman–Crippen LogP) is 4.92. The Bertz CT molecular complexity index is 907. The Balaban J connectivity index is 2.09. The zero-order valence-corrected chi connectivity index (χ0v) is 12.2. The van der Waals surface area contributed by atoms with Crippen LogP contribution in [-0.2, 0) is 0 Å². The molecule has 0 bridgehead atoms. The molecule has 0 saturated heterocycles. The minimum absolute atomic E-state index is 0.974. The minimum atomic E-state index is 0.974. The number of aromatic nitrogens is 2. The second kappa shape index (κ2) is 4.46. The molecule has 0 spiro atoms. The van der Waals surface area contributed by atoms with E-state index in [1.165, 1.54) is 10.9 Å². The van der Waals surface area contributed by atoms with Crippen LogP contribution in [0.1, 0.15) is 0 Å². The topological polar surface area (TPSA) is 17.3 Å². The fraction of sp³-hybridized carbons (Fsp3) is 0. The number of rotatable bonds is 1. The standard InChI is InChI=1S/C17H11BrN2/c18-14-8-5-13(6-9-14)16-11-19-17-10-7-12-3-1-2-4-15(12)20(16)17/h1-11H. The molecule has 20 heavy (non-hydrogen) atoms. The summed E-state index contributed by atoms with van der Waals surface area (Å²) in [7, 11) is 0. The number of benzene rings is 2. The number of fused-ring (bicyclic) bond motifs is 3. The Morgan fingerprint density at radius 3 is 2.50 bits per heavy atom. The first-order chi connectivity index (χ1) is 9.83. The maximum atomic E-state index is 4.52. The molecule has 2 heterocycles. The molecule has 0 aliphatic heterocycles. The molecule has 2 aromatic carbocycles. The van der Waals surface area contributed by atoms with E-state index in [2.05, 4.69) is 86.0 Å². The van der Waals surface area contributed by atoms with Crippen LogP contribution in [0.5, 0.6) is 0 Å². The van der Waals surface area contributed by atoms with E-state index in [0.29, 0.717) is 0 Å². The fourth-order valence-corrected chi connectivity index (χ4v) is 2.82. The van der Waals surface area contributed by atoms with Crippen LogP contribution in [0.15, 0.2) is 71.3 Å². The van der Waals surface area contributed by atoms with Crippen LogP contribution >= 0.6 is 15.9 Å². The van der Waals surface area contributed by atoms with Gasteiger partial charge < -0.3 is 0 Å². The molecule has 0 radical (unpaired) electrons. The highest BCUT2D eigenvalue weighted by atomic mass is 79.9. The van der Waals surface area contributed by atoms with E-state index in [1.807, 2.05) is 6.20 Å². The van der Waals surface area contributed by atoms with Gasteiger partial charge in [0.1, 0.15) is 5.65 Å². The van der Waals surface area contributed by atoms with Gasteiger partial charge in [0, 0.05) is 10.0 Å². The summed E-state index contributed by atoms with van der Waals surface area (Å²) in [6.07, 6.45) is 1.94. The molecular formula is C17H11BrN2. The summed E-state index contributed by atoms with van der Waals surface area (Å²) in [6, 6.07) is 20.9. The van der Waals surface area contributed by atoms with Crippen molar-refractivity contribution in [3.63, 3.8) is 0 Å². The first-order valence-corrected chi connectivity index (χ1v) is 7.23. The van der Waals surface area contributed by atoms with Crippen molar-refractivity contribution in [3.8, 4) is 11.3 Å². The monoisotopic (exact) mass is 322 g/mol. The lowest BCUT2D eigenvalue weighted by molar-refractivity contribution is 1.26. The molecule has 2 aromatic heterocycles. The highest BCUT2D eigenvalue weighted by Crippen LogP contribution is 2.26. The molecule has 0 N–H and O–H groups in total. The third kappa shape index (κ3) is 1.74. The van der Waals surface area contributed by atoms with Crippen LogP contribution in [0.4, 0.5) is 0 Å². The van der Waals surface area contributed by atoms with Crippen molar-refractivity contribution in [1.82, 2.24) is 9.38 Å². The number of hydrogen-bond donors (Lipinski definition) is 0. The van der Waals surface area contributed by atoms with Gasteiger partial charge in [0.2, 0.25) is 0 Å². The predicted molar refractivity (Wildman–Crippen MR) is 85.8 cm³/mol. The van der Waals surface area contributed by atoms with Crippen LogP contribution in [0.3, 0.4) is 0 Å². The normalized spacial score (nSPS) is 11.2.